The van der Waals surface area contributed by atoms with Gasteiger partial charge in [-0.05, 0) is 19.4 Å². The van der Waals surface area contributed by atoms with Crippen LogP contribution in [-0.4, -0.2) is 44.4 Å². The van der Waals surface area contributed by atoms with E-state index in [0.717, 1.165) is 30.6 Å². The van der Waals surface area contributed by atoms with Gasteiger partial charge in [0.05, 0.1) is 17.0 Å². The Morgan fingerprint density at radius 1 is 1.35 bits per heavy atom. The number of nitrogens with zero attached hydrogens (tertiary/aromatic N) is 1. The Labute approximate surface area is 119 Å². The van der Waals surface area contributed by atoms with E-state index in [1.165, 1.54) is 6.20 Å². The monoisotopic (exact) mass is 299 g/mol. The molecule has 1 rings (SSSR count). The molecule has 0 unspecified atom stereocenters. The van der Waals surface area contributed by atoms with Crippen molar-refractivity contribution in [2.24, 2.45) is 0 Å². The molecule has 0 aromatic carbocycles. The highest BCUT2D eigenvalue weighted by atomic mass is 32.2. The zero-order chi connectivity index (χ0) is 15.2. The number of nitrogens with one attached hydrogen (secondary N) is 2. The first-order valence-electron chi connectivity index (χ1n) is 6.50. The van der Waals surface area contributed by atoms with E-state index in [1.807, 2.05) is 13.8 Å². The second-order valence-electron chi connectivity index (χ2n) is 4.68. The minimum atomic E-state index is -3.08. The van der Waals surface area contributed by atoms with Gasteiger partial charge in [-0.15, -0.1) is 0 Å². The Morgan fingerprint density at radius 3 is 2.65 bits per heavy atom. The molecule has 0 spiro atoms. The number of pyridine rings is 1. The van der Waals surface area contributed by atoms with Gasteiger partial charge in [0, 0.05) is 31.2 Å². The molecule has 1 heterocycles. The van der Waals surface area contributed by atoms with E-state index >= 15 is 0 Å². The second kappa shape index (κ2) is 7.23. The van der Waals surface area contributed by atoms with E-state index in [2.05, 4.69) is 15.6 Å². The summed E-state index contributed by atoms with van der Waals surface area (Å²) in [6.45, 7) is 4.74. The Kier molecular flexibility index (Phi) is 5.94. The molecule has 1 aromatic rings. The molecule has 0 radical (unpaired) electrons. The number of rotatable bonds is 7. The summed E-state index contributed by atoms with van der Waals surface area (Å²) in [7, 11) is -3.08. The fourth-order valence-electron chi connectivity index (χ4n) is 1.59. The van der Waals surface area contributed by atoms with Gasteiger partial charge in [-0.1, -0.05) is 6.92 Å². The molecule has 2 N–H and O–H groups in total. The van der Waals surface area contributed by atoms with Crippen LogP contribution in [0.2, 0.25) is 0 Å². The van der Waals surface area contributed by atoms with Gasteiger partial charge in [-0.25, -0.2) is 8.42 Å². The summed E-state index contributed by atoms with van der Waals surface area (Å²) < 4.78 is 22.1. The summed E-state index contributed by atoms with van der Waals surface area (Å²) in [5.74, 6) is -0.393. The van der Waals surface area contributed by atoms with Crippen molar-refractivity contribution >= 4 is 21.4 Å². The molecule has 20 heavy (non-hydrogen) atoms. The molecule has 0 saturated heterocycles. The Bertz CT molecular complexity index is 570. The van der Waals surface area contributed by atoms with Crippen molar-refractivity contribution in [3.05, 3.63) is 23.5 Å². The zero-order valence-electron chi connectivity index (χ0n) is 12.1. The van der Waals surface area contributed by atoms with Crippen molar-refractivity contribution in [1.29, 1.82) is 0 Å². The van der Waals surface area contributed by atoms with Crippen LogP contribution in [0.15, 0.2) is 12.3 Å². The molecule has 0 fully saturated rings. The fraction of sp³-hybridized carbons (Fsp3) is 0.538. The summed E-state index contributed by atoms with van der Waals surface area (Å²) in [6, 6.07) is 1.81. The summed E-state index contributed by atoms with van der Waals surface area (Å²) >= 11 is 0. The van der Waals surface area contributed by atoms with E-state index in [9.17, 15) is 13.2 Å². The maximum Gasteiger partial charge on any atom is 0.254 e. The highest BCUT2D eigenvalue weighted by molar-refractivity contribution is 7.90. The van der Waals surface area contributed by atoms with E-state index in [1.54, 1.807) is 6.07 Å². The van der Waals surface area contributed by atoms with Crippen molar-refractivity contribution in [2.75, 3.05) is 30.4 Å². The van der Waals surface area contributed by atoms with Gasteiger partial charge in [0.25, 0.3) is 5.91 Å². The SMILES string of the molecule is CCCNc1cc(C)ncc1C(=O)NCCS(C)(=O)=O. The molecule has 112 valence electrons. The lowest BCUT2D eigenvalue weighted by molar-refractivity contribution is 0.0956. The molecule has 1 amide bonds. The predicted octanol–water partition coefficient (Wildman–Crippen LogP) is 0.986. The highest BCUT2D eigenvalue weighted by Gasteiger charge is 2.12. The molecule has 0 atom stereocenters. The molecular formula is C13H21N3O3S. The molecule has 0 aliphatic rings. The lowest BCUT2D eigenvalue weighted by Crippen LogP contribution is -2.29. The Balaban J connectivity index is 2.76. The van der Waals surface area contributed by atoms with Gasteiger partial charge in [-0.2, -0.15) is 0 Å². The third-order valence-corrected chi connectivity index (χ3v) is 3.55. The Morgan fingerprint density at radius 2 is 2.05 bits per heavy atom. The maximum absolute atomic E-state index is 12.0. The standard InChI is InChI=1S/C13H21N3O3S/c1-4-5-14-12-8-10(2)16-9-11(12)13(17)15-6-7-20(3,18)19/h8-9H,4-7H2,1-3H3,(H,14,16)(H,15,17). The summed E-state index contributed by atoms with van der Waals surface area (Å²) in [5.41, 5.74) is 1.96. The van der Waals surface area contributed by atoms with Gasteiger partial charge in [0.1, 0.15) is 9.84 Å². The van der Waals surface area contributed by atoms with E-state index in [-0.39, 0.29) is 18.2 Å². The molecule has 0 aliphatic heterocycles. The maximum atomic E-state index is 12.0. The van der Waals surface area contributed by atoms with Gasteiger partial charge < -0.3 is 10.6 Å². The smallest absolute Gasteiger partial charge is 0.254 e. The Hall–Kier alpha value is -1.63. The topological polar surface area (TPSA) is 88.2 Å². The minimum Gasteiger partial charge on any atom is -0.384 e. The predicted molar refractivity (Wildman–Crippen MR) is 79.8 cm³/mol. The van der Waals surface area contributed by atoms with Crippen LogP contribution >= 0.6 is 0 Å². The van der Waals surface area contributed by atoms with Crippen LogP contribution < -0.4 is 10.6 Å². The molecule has 7 heteroatoms. The first kappa shape index (κ1) is 16.4. The van der Waals surface area contributed by atoms with Crippen LogP contribution in [0, 0.1) is 6.92 Å². The summed E-state index contributed by atoms with van der Waals surface area (Å²) in [4.78, 5) is 16.1. The van der Waals surface area contributed by atoms with Crippen molar-refractivity contribution in [3.63, 3.8) is 0 Å². The number of aromatic nitrogens is 1. The van der Waals surface area contributed by atoms with Crippen molar-refractivity contribution < 1.29 is 13.2 Å². The second-order valence-corrected chi connectivity index (χ2v) is 6.94. The molecule has 0 saturated carbocycles. The average molecular weight is 299 g/mol. The van der Waals surface area contributed by atoms with Crippen molar-refractivity contribution in [2.45, 2.75) is 20.3 Å². The van der Waals surface area contributed by atoms with Crippen LogP contribution in [0.1, 0.15) is 29.4 Å². The summed E-state index contributed by atoms with van der Waals surface area (Å²) in [5, 5.41) is 5.77. The third kappa shape index (κ3) is 5.56. The minimum absolute atomic E-state index is 0.0737. The number of aryl methyl sites for hydroxylation is 1. The third-order valence-electron chi connectivity index (χ3n) is 2.61. The highest BCUT2D eigenvalue weighted by Crippen LogP contribution is 2.15. The van der Waals surface area contributed by atoms with Crippen molar-refractivity contribution in [3.8, 4) is 0 Å². The van der Waals surface area contributed by atoms with E-state index in [0.29, 0.717) is 5.56 Å². The van der Waals surface area contributed by atoms with Crippen LogP contribution in [0.3, 0.4) is 0 Å². The van der Waals surface area contributed by atoms with Gasteiger partial charge in [0.15, 0.2) is 0 Å². The lowest BCUT2D eigenvalue weighted by atomic mass is 10.2. The van der Waals surface area contributed by atoms with Gasteiger partial charge >= 0.3 is 0 Å². The van der Waals surface area contributed by atoms with Crippen LogP contribution in [0.25, 0.3) is 0 Å². The summed E-state index contributed by atoms with van der Waals surface area (Å²) in [6.07, 6.45) is 3.58. The molecular weight excluding hydrogens is 278 g/mol. The zero-order valence-corrected chi connectivity index (χ0v) is 12.9. The van der Waals surface area contributed by atoms with Gasteiger partial charge in [-0.3, -0.25) is 9.78 Å². The first-order chi connectivity index (χ1) is 9.33. The number of sulfone groups is 1. The quantitative estimate of drug-likeness (QED) is 0.784. The average Bonchev–Trinajstić information content (AvgIpc) is 2.34. The van der Waals surface area contributed by atoms with E-state index in [4.69, 9.17) is 0 Å². The first-order valence-corrected chi connectivity index (χ1v) is 8.56. The number of hydrogen-bond acceptors (Lipinski definition) is 5. The van der Waals surface area contributed by atoms with Crippen LogP contribution in [0.4, 0.5) is 5.69 Å². The van der Waals surface area contributed by atoms with Crippen LogP contribution in [-0.2, 0) is 9.84 Å². The van der Waals surface area contributed by atoms with Crippen molar-refractivity contribution in [1.82, 2.24) is 10.3 Å². The van der Waals surface area contributed by atoms with Crippen LogP contribution in [0.5, 0.6) is 0 Å². The van der Waals surface area contributed by atoms with Gasteiger partial charge in [0.2, 0.25) is 0 Å². The number of carbonyl (C=O) groups excluding carboxylic acids is 1. The fourth-order valence-corrected chi connectivity index (χ4v) is 2.06. The number of hydrogen-bond donors (Lipinski definition) is 2. The number of anilines is 1. The molecule has 0 bridgehead atoms. The number of carbonyl (C=O) groups is 1. The largest absolute Gasteiger partial charge is 0.384 e. The molecule has 0 aliphatic carbocycles. The molecule has 1 aromatic heterocycles. The lowest BCUT2D eigenvalue weighted by Gasteiger charge is -2.12. The molecule has 6 nitrogen and oxygen atoms in total. The normalized spacial score (nSPS) is 11.2. The number of amides is 1. The van der Waals surface area contributed by atoms with E-state index < -0.39 is 9.84 Å².